The van der Waals surface area contributed by atoms with E-state index in [9.17, 15) is 0 Å². The SMILES string of the molecule is COc1ccc(CCN(C(=S)NC2CCCCC2)C2CCN(C)CC2)cc1OC. The van der Waals surface area contributed by atoms with Crippen molar-refractivity contribution in [2.24, 2.45) is 0 Å². The van der Waals surface area contributed by atoms with E-state index in [0.717, 1.165) is 42.7 Å². The van der Waals surface area contributed by atoms with E-state index < -0.39 is 0 Å². The van der Waals surface area contributed by atoms with Crippen LogP contribution in [0.25, 0.3) is 0 Å². The van der Waals surface area contributed by atoms with Crippen LogP contribution in [-0.4, -0.2) is 67.9 Å². The van der Waals surface area contributed by atoms with Crippen molar-refractivity contribution in [3.8, 4) is 11.5 Å². The standard InChI is InChI=1S/C23H37N3O2S/c1-25-14-12-20(13-15-25)26(23(29)24-19-7-5-4-6-8-19)16-11-18-9-10-21(27-2)22(17-18)28-3/h9-10,17,19-20H,4-8,11-16H2,1-3H3,(H,24,29). The summed E-state index contributed by atoms with van der Waals surface area (Å²) in [6.07, 6.45) is 9.79. The number of likely N-dealkylation sites (tertiary alicyclic amines) is 1. The van der Waals surface area contributed by atoms with Gasteiger partial charge in [-0.05, 0) is 82.2 Å². The van der Waals surface area contributed by atoms with E-state index in [1.54, 1.807) is 14.2 Å². The fourth-order valence-corrected chi connectivity index (χ4v) is 4.95. The summed E-state index contributed by atoms with van der Waals surface area (Å²) in [6, 6.07) is 7.28. The molecule has 5 nitrogen and oxygen atoms in total. The van der Waals surface area contributed by atoms with Crippen LogP contribution in [0.4, 0.5) is 0 Å². The summed E-state index contributed by atoms with van der Waals surface area (Å²) in [6.45, 7) is 3.22. The fraction of sp³-hybridized carbons (Fsp3) is 0.696. The van der Waals surface area contributed by atoms with Gasteiger partial charge >= 0.3 is 0 Å². The van der Waals surface area contributed by atoms with Gasteiger partial charge in [0.1, 0.15) is 0 Å². The van der Waals surface area contributed by atoms with Gasteiger partial charge in [0.2, 0.25) is 0 Å². The maximum absolute atomic E-state index is 5.93. The zero-order chi connectivity index (χ0) is 20.6. The third-order valence-electron chi connectivity index (χ3n) is 6.41. The van der Waals surface area contributed by atoms with Crippen molar-refractivity contribution in [1.29, 1.82) is 0 Å². The van der Waals surface area contributed by atoms with Crippen molar-refractivity contribution in [2.75, 3.05) is 40.9 Å². The predicted octanol–water partition coefficient (Wildman–Crippen LogP) is 3.85. The Hall–Kier alpha value is -1.53. The molecule has 1 aromatic carbocycles. The van der Waals surface area contributed by atoms with E-state index in [-0.39, 0.29) is 0 Å². The Labute approximate surface area is 181 Å². The summed E-state index contributed by atoms with van der Waals surface area (Å²) in [7, 11) is 5.58. The summed E-state index contributed by atoms with van der Waals surface area (Å²) in [5.41, 5.74) is 1.25. The lowest BCUT2D eigenvalue weighted by atomic mass is 9.95. The molecule has 2 aliphatic rings. The van der Waals surface area contributed by atoms with E-state index in [4.69, 9.17) is 21.7 Å². The molecule has 0 amide bonds. The van der Waals surface area contributed by atoms with Gasteiger partial charge < -0.3 is 24.6 Å². The van der Waals surface area contributed by atoms with Crippen LogP contribution in [0.2, 0.25) is 0 Å². The number of methoxy groups -OCH3 is 2. The highest BCUT2D eigenvalue weighted by Crippen LogP contribution is 2.28. The summed E-state index contributed by atoms with van der Waals surface area (Å²) in [4.78, 5) is 4.88. The number of rotatable bonds is 7. The predicted molar refractivity (Wildman–Crippen MR) is 123 cm³/mol. The minimum Gasteiger partial charge on any atom is -0.493 e. The normalized spacial score (nSPS) is 19.0. The third-order valence-corrected chi connectivity index (χ3v) is 6.76. The number of piperidine rings is 1. The van der Waals surface area contributed by atoms with Crippen molar-refractivity contribution in [3.63, 3.8) is 0 Å². The van der Waals surface area contributed by atoms with Crippen LogP contribution in [-0.2, 0) is 6.42 Å². The van der Waals surface area contributed by atoms with Crippen LogP contribution < -0.4 is 14.8 Å². The molecule has 3 rings (SSSR count). The molecule has 0 aromatic heterocycles. The van der Waals surface area contributed by atoms with Gasteiger partial charge in [-0.3, -0.25) is 0 Å². The Morgan fingerprint density at radius 1 is 1.07 bits per heavy atom. The van der Waals surface area contributed by atoms with Crippen molar-refractivity contribution in [1.82, 2.24) is 15.1 Å². The molecule has 0 spiro atoms. The van der Waals surface area contributed by atoms with Gasteiger partial charge in [-0.25, -0.2) is 0 Å². The summed E-state index contributed by atoms with van der Waals surface area (Å²) in [5.74, 6) is 1.57. The molecule has 1 aliphatic heterocycles. The third kappa shape index (κ3) is 6.22. The number of thiocarbonyl (C=S) groups is 1. The fourth-order valence-electron chi connectivity index (χ4n) is 4.55. The first kappa shape index (κ1) is 22.2. The van der Waals surface area contributed by atoms with E-state index in [1.165, 1.54) is 50.5 Å². The van der Waals surface area contributed by atoms with Crippen LogP contribution >= 0.6 is 12.2 Å². The minimum atomic E-state index is 0.523. The Morgan fingerprint density at radius 2 is 1.76 bits per heavy atom. The highest BCUT2D eigenvalue weighted by atomic mass is 32.1. The number of benzene rings is 1. The molecular weight excluding hydrogens is 382 g/mol. The van der Waals surface area contributed by atoms with Crippen LogP contribution in [0, 0.1) is 0 Å². The lowest BCUT2D eigenvalue weighted by molar-refractivity contribution is 0.174. The van der Waals surface area contributed by atoms with E-state index in [0.29, 0.717) is 12.1 Å². The van der Waals surface area contributed by atoms with E-state index in [1.807, 2.05) is 6.07 Å². The van der Waals surface area contributed by atoms with Crippen molar-refractivity contribution in [2.45, 2.75) is 63.5 Å². The van der Waals surface area contributed by atoms with Gasteiger partial charge in [0, 0.05) is 18.6 Å². The van der Waals surface area contributed by atoms with Gasteiger partial charge in [-0.1, -0.05) is 25.3 Å². The van der Waals surface area contributed by atoms with Gasteiger partial charge in [0.25, 0.3) is 0 Å². The smallest absolute Gasteiger partial charge is 0.169 e. The van der Waals surface area contributed by atoms with E-state index in [2.05, 4.69) is 34.3 Å². The highest BCUT2D eigenvalue weighted by Gasteiger charge is 2.26. The summed E-state index contributed by atoms with van der Waals surface area (Å²) >= 11 is 5.93. The lowest BCUT2D eigenvalue weighted by Crippen LogP contribution is -2.53. The van der Waals surface area contributed by atoms with Crippen molar-refractivity contribution < 1.29 is 9.47 Å². The van der Waals surface area contributed by atoms with Gasteiger partial charge in [0.15, 0.2) is 16.6 Å². The number of ether oxygens (including phenoxy) is 2. The average molecular weight is 420 g/mol. The molecule has 1 aliphatic carbocycles. The Kier molecular flexibility index (Phi) is 8.42. The molecule has 162 valence electrons. The molecule has 1 saturated heterocycles. The molecule has 0 bridgehead atoms. The molecule has 0 atom stereocenters. The van der Waals surface area contributed by atoms with Crippen LogP contribution in [0.15, 0.2) is 18.2 Å². The second-order valence-electron chi connectivity index (χ2n) is 8.45. The Morgan fingerprint density at radius 3 is 2.41 bits per heavy atom. The van der Waals surface area contributed by atoms with Crippen molar-refractivity contribution in [3.05, 3.63) is 23.8 Å². The summed E-state index contributed by atoms with van der Waals surface area (Å²) in [5, 5.41) is 4.65. The first-order chi connectivity index (χ1) is 14.1. The van der Waals surface area contributed by atoms with Crippen LogP contribution in [0.3, 0.4) is 0 Å². The van der Waals surface area contributed by atoms with Crippen LogP contribution in [0.1, 0.15) is 50.5 Å². The first-order valence-electron chi connectivity index (χ1n) is 11.1. The second-order valence-corrected chi connectivity index (χ2v) is 8.84. The largest absolute Gasteiger partial charge is 0.493 e. The average Bonchev–Trinajstić information content (AvgIpc) is 2.75. The monoisotopic (exact) mass is 419 g/mol. The van der Waals surface area contributed by atoms with Gasteiger partial charge in [-0.2, -0.15) is 0 Å². The molecule has 1 N–H and O–H groups in total. The highest BCUT2D eigenvalue weighted by molar-refractivity contribution is 7.80. The Balaban J connectivity index is 1.66. The number of hydrogen-bond donors (Lipinski definition) is 1. The van der Waals surface area contributed by atoms with Crippen molar-refractivity contribution >= 4 is 17.3 Å². The second kappa shape index (κ2) is 11.0. The quantitative estimate of drug-likeness (QED) is 0.677. The number of nitrogens with zero attached hydrogens (tertiary/aromatic N) is 2. The van der Waals surface area contributed by atoms with E-state index >= 15 is 0 Å². The molecule has 0 radical (unpaired) electrons. The molecule has 1 aromatic rings. The molecule has 0 unspecified atom stereocenters. The molecule has 1 saturated carbocycles. The molecule has 1 heterocycles. The maximum atomic E-state index is 5.93. The lowest BCUT2D eigenvalue weighted by Gasteiger charge is -2.40. The van der Waals surface area contributed by atoms with Gasteiger partial charge in [0.05, 0.1) is 14.2 Å². The Bertz CT molecular complexity index is 656. The number of hydrogen-bond acceptors (Lipinski definition) is 4. The first-order valence-corrected chi connectivity index (χ1v) is 11.5. The zero-order valence-corrected chi connectivity index (χ0v) is 19.1. The summed E-state index contributed by atoms with van der Waals surface area (Å²) < 4.78 is 10.9. The molecule has 2 fully saturated rings. The molecule has 6 heteroatoms. The topological polar surface area (TPSA) is 37.0 Å². The molecule has 29 heavy (non-hydrogen) atoms. The van der Waals surface area contributed by atoms with Crippen LogP contribution in [0.5, 0.6) is 11.5 Å². The maximum Gasteiger partial charge on any atom is 0.169 e. The van der Waals surface area contributed by atoms with Gasteiger partial charge in [-0.15, -0.1) is 0 Å². The zero-order valence-electron chi connectivity index (χ0n) is 18.3. The molecular formula is C23H37N3O2S. The number of nitrogens with one attached hydrogen (secondary N) is 1. The minimum absolute atomic E-state index is 0.523.